The molecular formula is C56H48Cl4F8N12O5. The fourth-order valence-corrected chi connectivity index (χ4v) is 9.65. The zero-order chi connectivity index (χ0) is 61.2. The smallest absolute Gasteiger partial charge is 0.435 e. The number of piperidine rings is 2. The minimum atomic E-state index is -4.80. The Bertz CT molecular complexity index is 3580. The van der Waals surface area contributed by atoms with E-state index in [0.717, 1.165) is 51.3 Å². The monoisotopic (exact) mass is 1260 g/mol. The molecule has 2 aliphatic heterocycles. The molecule has 17 nitrogen and oxygen atoms in total. The van der Waals surface area contributed by atoms with Crippen LogP contribution in [-0.2, 0) is 28.5 Å². The van der Waals surface area contributed by atoms with Crippen LogP contribution in [0.2, 0.25) is 20.1 Å². The average molecular weight is 1260 g/mol. The zero-order valence-electron chi connectivity index (χ0n) is 44.3. The number of aliphatic imine (C=N–C) groups is 2. The number of alkyl halides is 6. The Kier molecular flexibility index (Phi) is 20.4. The molecule has 446 valence electrons. The Morgan fingerprint density at radius 1 is 0.553 bits per heavy atom. The maximum Gasteiger partial charge on any atom is 0.435 e. The summed E-state index contributed by atoms with van der Waals surface area (Å²) in [5, 5.41) is 18.6. The van der Waals surface area contributed by atoms with Crippen molar-refractivity contribution in [1.82, 2.24) is 40.0 Å². The largest absolute Gasteiger partial charge is 0.445 e. The lowest BCUT2D eigenvalue weighted by molar-refractivity contribution is -0.142. The molecule has 4 amide bonds. The number of nitrogens with zero attached hydrogens (tertiary/aromatic N) is 8. The molecule has 0 bridgehead atoms. The number of nitrogens with one attached hydrogen (secondary N) is 4. The van der Waals surface area contributed by atoms with Crippen LogP contribution in [0.15, 0.2) is 137 Å². The van der Waals surface area contributed by atoms with Crippen LogP contribution in [0.1, 0.15) is 82.4 Å². The van der Waals surface area contributed by atoms with E-state index in [0.29, 0.717) is 25.9 Å². The van der Waals surface area contributed by atoms with Crippen molar-refractivity contribution in [2.45, 2.75) is 63.7 Å². The van der Waals surface area contributed by atoms with Crippen LogP contribution < -0.4 is 21.3 Å². The molecule has 0 spiro atoms. The SMILES string of the molecule is CC(=O)N1CCC(n2nc(C(F)(F)F)cc2N=C(NC(=O)c2cccc(Cl)c2)Nc2cc(F)cc(Cl)c2)CC1.O=C(NC(=Nc1cc(C(F)(F)F)nn1C1CCN(C(=O)OCc2ccccc2)CC1)Nc1cc(F)cc(Cl)c1)c1cccc(Cl)c1. The van der Waals surface area contributed by atoms with E-state index in [9.17, 15) is 54.3 Å². The van der Waals surface area contributed by atoms with Crippen LogP contribution in [0.5, 0.6) is 0 Å². The molecule has 2 fully saturated rings. The highest BCUT2D eigenvalue weighted by Gasteiger charge is 2.38. The van der Waals surface area contributed by atoms with Gasteiger partial charge in [-0.1, -0.05) is 88.9 Å². The van der Waals surface area contributed by atoms with Gasteiger partial charge in [0.2, 0.25) is 17.8 Å². The molecule has 0 atom stereocenters. The van der Waals surface area contributed by atoms with Gasteiger partial charge < -0.3 is 25.2 Å². The van der Waals surface area contributed by atoms with Gasteiger partial charge in [0.1, 0.15) is 18.2 Å². The first-order valence-electron chi connectivity index (χ1n) is 25.7. The van der Waals surface area contributed by atoms with Crippen molar-refractivity contribution in [1.29, 1.82) is 0 Å². The predicted octanol–water partition coefficient (Wildman–Crippen LogP) is 13.9. The molecule has 0 radical (unpaired) electrons. The highest BCUT2D eigenvalue weighted by Crippen LogP contribution is 2.37. The Balaban J connectivity index is 0.000000224. The van der Waals surface area contributed by atoms with Crippen LogP contribution in [0, 0.1) is 11.6 Å². The standard InChI is InChI=1S/C31H26Cl2F4N6O3.C25H22Cl2F4N6O2/c32-21-8-4-7-20(13-21)28(44)40-29(38-24-15-22(33)14-23(34)16-24)39-27-17-26(31(35,36)37)41-43(27)25-9-11-42(12-10-25)30(45)46-18-19-5-2-1-3-6-19;1-14(38)36-7-5-20(6-8-36)37-22(13-21(35-37)25(29,30)31)33-24(32-19-11-17(27)10-18(28)12-19)34-23(39)15-3-2-4-16(26)9-15/h1-8,13-17,25H,9-12,18H2,(H2,38,39,40,44);2-4,9-13,20H,5-8H2,1H3,(H2,32,33,34,39). The van der Waals surface area contributed by atoms with E-state index in [4.69, 9.17) is 51.1 Å². The summed E-state index contributed by atoms with van der Waals surface area (Å²) >= 11 is 23.9. The van der Waals surface area contributed by atoms with E-state index in [1.54, 1.807) is 29.2 Å². The Labute approximate surface area is 499 Å². The van der Waals surface area contributed by atoms with Gasteiger partial charge >= 0.3 is 18.4 Å². The van der Waals surface area contributed by atoms with E-state index >= 15 is 0 Å². The molecule has 2 aliphatic rings. The number of benzene rings is 5. The van der Waals surface area contributed by atoms with Gasteiger partial charge in [0.15, 0.2) is 23.0 Å². The molecule has 2 aromatic heterocycles. The number of halogens is 12. The maximum atomic E-state index is 14.1. The van der Waals surface area contributed by atoms with Gasteiger partial charge in [0, 0.05) is 87.8 Å². The normalized spacial score (nSPS) is 14.5. The third kappa shape index (κ3) is 17.7. The lowest BCUT2D eigenvalue weighted by Gasteiger charge is -2.31. The summed E-state index contributed by atoms with van der Waals surface area (Å²) in [4.78, 5) is 62.0. The van der Waals surface area contributed by atoms with Gasteiger partial charge in [-0.2, -0.15) is 46.5 Å². The van der Waals surface area contributed by atoms with Crippen molar-refractivity contribution >= 4 is 105 Å². The summed E-state index contributed by atoms with van der Waals surface area (Å²) in [6, 6.07) is 28.5. The van der Waals surface area contributed by atoms with Crippen LogP contribution in [-0.4, -0.2) is 91.3 Å². The van der Waals surface area contributed by atoms with Crippen molar-refractivity contribution in [3.05, 3.63) is 187 Å². The van der Waals surface area contributed by atoms with Gasteiger partial charge in [0.25, 0.3) is 11.8 Å². The molecule has 0 aliphatic carbocycles. The van der Waals surface area contributed by atoms with Crippen LogP contribution in [0.25, 0.3) is 0 Å². The van der Waals surface area contributed by atoms with E-state index in [1.165, 1.54) is 48.2 Å². The molecule has 4 N–H and O–H groups in total. The lowest BCUT2D eigenvalue weighted by Crippen LogP contribution is -2.39. The molecule has 85 heavy (non-hydrogen) atoms. The molecule has 0 saturated carbocycles. The van der Waals surface area contributed by atoms with E-state index < -0.39 is 65.4 Å². The second-order valence-corrected chi connectivity index (χ2v) is 20.8. The van der Waals surface area contributed by atoms with Crippen LogP contribution in [0.3, 0.4) is 0 Å². The predicted molar refractivity (Wildman–Crippen MR) is 304 cm³/mol. The fourth-order valence-electron chi connectivity index (χ4n) is 8.83. The van der Waals surface area contributed by atoms with Gasteiger partial charge in [-0.05, 0) is 104 Å². The second-order valence-electron chi connectivity index (χ2n) is 19.1. The van der Waals surface area contributed by atoms with Gasteiger partial charge in [0.05, 0.1) is 12.1 Å². The minimum absolute atomic E-state index is 0.0291. The summed E-state index contributed by atoms with van der Waals surface area (Å²) in [5.41, 5.74) is -1.13. The number of hydrogen-bond donors (Lipinski definition) is 4. The second kappa shape index (κ2) is 27.6. The maximum absolute atomic E-state index is 14.1. The third-order valence-electron chi connectivity index (χ3n) is 12.9. The number of rotatable bonds is 10. The number of likely N-dealkylation sites (tertiary alicyclic amines) is 2. The molecule has 7 aromatic rings. The van der Waals surface area contributed by atoms with E-state index in [2.05, 4.69) is 41.4 Å². The number of anilines is 2. The first-order valence-corrected chi connectivity index (χ1v) is 27.2. The fraction of sp³-hybridized carbons (Fsp3) is 0.250. The average Bonchev–Trinajstić information content (AvgIpc) is 2.22. The molecule has 5 aromatic carbocycles. The van der Waals surface area contributed by atoms with Gasteiger partial charge in [-0.25, -0.2) is 22.9 Å². The molecule has 0 unspecified atom stereocenters. The Morgan fingerprint density at radius 3 is 1.36 bits per heavy atom. The molecular weight excluding hydrogens is 1210 g/mol. The van der Waals surface area contributed by atoms with Gasteiger partial charge in [-0.15, -0.1) is 0 Å². The summed E-state index contributed by atoms with van der Waals surface area (Å²) in [5.74, 6) is -3.98. The molecule has 29 heteroatoms. The third-order valence-corrected chi connectivity index (χ3v) is 13.8. The van der Waals surface area contributed by atoms with Crippen molar-refractivity contribution in [2.75, 3.05) is 36.8 Å². The summed E-state index contributed by atoms with van der Waals surface area (Å²) in [7, 11) is 0. The number of carbonyl (C=O) groups excluding carboxylic acids is 4. The van der Waals surface area contributed by atoms with E-state index in [1.807, 2.05) is 30.3 Å². The summed E-state index contributed by atoms with van der Waals surface area (Å²) in [6.07, 6.45) is -8.91. The Hall–Kier alpha value is -8.26. The van der Waals surface area contributed by atoms with Gasteiger partial charge in [-0.3, -0.25) is 25.0 Å². The molecule has 2 saturated heterocycles. The van der Waals surface area contributed by atoms with Crippen LogP contribution in [0.4, 0.5) is 62.9 Å². The number of ether oxygens (including phenoxy) is 1. The highest BCUT2D eigenvalue weighted by molar-refractivity contribution is 6.32. The number of guanidine groups is 2. The van der Waals surface area contributed by atoms with Crippen molar-refractivity contribution in [3.63, 3.8) is 0 Å². The lowest BCUT2D eigenvalue weighted by atomic mass is 10.1. The quantitative estimate of drug-likeness (QED) is 0.0586. The number of hydrogen-bond acceptors (Lipinski definition) is 9. The number of carbonyl (C=O) groups is 4. The number of amides is 4. The van der Waals surface area contributed by atoms with E-state index in [-0.39, 0.29) is 105 Å². The highest BCUT2D eigenvalue weighted by atomic mass is 35.5. The summed E-state index contributed by atoms with van der Waals surface area (Å²) < 4.78 is 118. The summed E-state index contributed by atoms with van der Waals surface area (Å²) in [6.45, 7) is 2.57. The Morgan fingerprint density at radius 2 is 0.976 bits per heavy atom. The topological polar surface area (TPSA) is 192 Å². The van der Waals surface area contributed by atoms with Crippen LogP contribution >= 0.6 is 46.4 Å². The first-order chi connectivity index (χ1) is 40.3. The van der Waals surface area contributed by atoms with Crippen molar-refractivity contribution < 1.29 is 59.0 Å². The minimum Gasteiger partial charge on any atom is -0.445 e. The molecule has 9 rings (SSSR count). The first kappa shape index (κ1) is 62.8. The van der Waals surface area contributed by atoms with Crippen molar-refractivity contribution in [2.24, 2.45) is 9.98 Å². The molecule has 4 heterocycles. The van der Waals surface area contributed by atoms with Crippen molar-refractivity contribution in [3.8, 4) is 0 Å². The zero-order valence-corrected chi connectivity index (χ0v) is 47.3. The number of aromatic nitrogens is 4.